The van der Waals surface area contributed by atoms with Crippen LogP contribution in [0.3, 0.4) is 0 Å². The molecule has 21 heavy (non-hydrogen) atoms. The molecule has 0 bridgehead atoms. The molecule has 8 heteroatoms. The van der Waals surface area contributed by atoms with E-state index in [1.165, 1.54) is 0 Å². The number of carbonyl (C=O) groups excluding carboxylic acids is 1. The van der Waals surface area contributed by atoms with E-state index in [4.69, 9.17) is 0 Å². The molecule has 2 heterocycles. The summed E-state index contributed by atoms with van der Waals surface area (Å²) in [5, 5.41) is 18.1. The third-order valence-corrected chi connectivity index (χ3v) is 3.68. The highest BCUT2D eigenvalue weighted by atomic mass is 16.2. The second kappa shape index (κ2) is 8.04. The van der Waals surface area contributed by atoms with Gasteiger partial charge in [-0.3, -0.25) is 9.69 Å². The molecule has 2 rings (SSSR count). The van der Waals surface area contributed by atoms with Crippen molar-refractivity contribution in [3.05, 3.63) is 5.82 Å². The van der Waals surface area contributed by atoms with Gasteiger partial charge in [-0.15, -0.1) is 5.10 Å². The van der Waals surface area contributed by atoms with Crippen LogP contribution in [0.1, 0.15) is 32.5 Å². The minimum Gasteiger partial charge on any atom is -0.355 e. The lowest BCUT2D eigenvalue weighted by Crippen LogP contribution is -2.57. The Kier molecular flexibility index (Phi) is 6.06. The normalized spacial score (nSPS) is 19.6. The summed E-state index contributed by atoms with van der Waals surface area (Å²) in [6, 6.07) is -0.157. The van der Waals surface area contributed by atoms with Crippen molar-refractivity contribution in [2.24, 2.45) is 0 Å². The molecule has 1 aliphatic rings. The summed E-state index contributed by atoms with van der Waals surface area (Å²) in [5.74, 6) is 0.900. The topological polar surface area (TPSA) is 88.0 Å². The van der Waals surface area contributed by atoms with Crippen LogP contribution >= 0.6 is 0 Å². The van der Waals surface area contributed by atoms with E-state index in [9.17, 15) is 4.79 Å². The highest BCUT2D eigenvalue weighted by Gasteiger charge is 2.29. The largest absolute Gasteiger partial charge is 0.355 e. The van der Waals surface area contributed by atoms with Gasteiger partial charge in [0.25, 0.3) is 0 Å². The maximum atomic E-state index is 12.1. The van der Waals surface area contributed by atoms with Crippen molar-refractivity contribution in [3.63, 3.8) is 0 Å². The summed E-state index contributed by atoms with van der Waals surface area (Å²) >= 11 is 0. The lowest BCUT2D eigenvalue weighted by Gasteiger charge is -2.34. The van der Waals surface area contributed by atoms with E-state index in [0.29, 0.717) is 19.6 Å². The van der Waals surface area contributed by atoms with Crippen molar-refractivity contribution < 1.29 is 4.79 Å². The van der Waals surface area contributed by atoms with Gasteiger partial charge in [-0.2, -0.15) is 0 Å². The number of aryl methyl sites for hydroxylation is 1. The van der Waals surface area contributed by atoms with Gasteiger partial charge in [-0.05, 0) is 23.8 Å². The summed E-state index contributed by atoms with van der Waals surface area (Å²) in [7, 11) is 0. The molecule has 1 aromatic heterocycles. The van der Waals surface area contributed by atoms with Gasteiger partial charge in [0.1, 0.15) is 6.04 Å². The molecule has 2 N–H and O–H groups in total. The van der Waals surface area contributed by atoms with Crippen LogP contribution in [0.5, 0.6) is 0 Å². The van der Waals surface area contributed by atoms with E-state index < -0.39 is 0 Å². The molecule has 0 aromatic carbocycles. The quantitative estimate of drug-likeness (QED) is 0.697. The van der Waals surface area contributed by atoms with Crippen molar-refractivity contribution >= 4 is 5.91 Å². The maximum absolute atomic E-state index is 12.1. The van der Waals surface area contributed by atoms with Gasteiger partial charge < -0.3 is 10.6 Å². The van der Waals surface area contributed by atoms with E-state index in [2.05, 4.69) is 38.0 Å². The second-order valence-electron chi connectivity index (χ2n) is 5.26. The van der Waals surface area contributed by atoms with Crippen LogP contribution in [-0.4, -0.2) is 63.2 Å². The van der Waals surface area contributed by atoms with E-state index in [-0.39, 0.29) is 11.9 Å². The summed E-state index contributed by atoms with van der Waals surface area (Å²) in [5.41, 5.74) is 0. The lowest BCUT2D eigenvalue weighted by atomic mass is 10.1. The number of nitrogens with one attached hydrogen (secondary N) is 2. The minimum absolute atomic E-state index is 0.0669. The Morgan fingerprint density at radius 1 is 1.48 bits per heavy atom. The van der Waals surface area contributed by atoms with E-state index in [1.54, 1.807) is 0 Å². The minimum atomic E-state index is -0.157. The number of piperazine rings is 1. The molecular formula is C13H25N7O. The molecule has 0 saturated carbocycles. The number of tetrazole rings is 1. The molecule has 1 aromatic rings. The Labute approximate surface area is 125 Å². The summed E-state index contributed by atoms with van der Waals surface area (Å²) < 4.78 is 1.85. The van der Waals surface area contributed by atoms with Gasteiger partial charge >= 0.3 is 0 Å². The summed E-state index contributed by atoms with van der Waals surface area (Å²) in [6.07, 6.45) is 2.16. The van der Waals surface area contributed by atoms with E-state index in [0.717, 1.165) is 38.3 Å². The Balaban J connectivity index is 2.01. The highest BCUT2D eigenvalue weighted by Crippen LogP contribution is 2.09. The zero-order chi connectivity index (χ0) is 15.1. The monoisotopic (exact) mass is 295 g/mol. The van der Waals surface area contributed by atoms with Gasteiger partial charge in [-0.1, -0.05) is 13.3 Å². The first-order chi connectivity index (χ1) is 10.3. The van der Waals surface area contributed by atoms with Crippen molar-refractivity contribution in [2.45, 2.75) is 45.8 Å². The second-order valence-corrected chi connectivity index (χ2v) is 5.26. The van der Waals surface area contributed by atoms with E-state index in [1.807, 2.05) is 11.6 Å². The van der Waals surface area contributed by atoms with Crippen molar-refractivity contribution in [1.82, 2.24) is 35.7 Å². The van der Waals surface area contributed by atoms with Crippen molar-refractivity contribution in [3.8, 4) is 0 Å². The fourth-order valence-corrected chi connectivity index (χ4v) is 2.49. The van der Waals surface area contributed by atoms with Crippen LogP contribution in [0.4, 0.5) is 0 Å². The molecule has 8 nitrogen and oxygen atoms in total. The van der Waals surface area contributed by atoms with Gasteiger partial charge in [0.2, 0.25) is 5.91 Å². The first kappa shape index (κ1) is 15.8. The smallest absolute Gasteiger partial charge is 0.238 e. The van der Waals surface area contributed by atoms with Crippen LogP contribution < -0.4 is 10.6 Å². The predicted octanol–water partition coefficient (Wildman–Crippen LogP) is -0.617. The van der Waals surface area contributed by atoms with Crippen LogP contribution in [0, 0.1) is 0 Å². The number of hydrogen-bond acceptors (Lipinski definition) is 6. The molecule has 1 saturated heterocycles. The molecule has 1 atom stereocenters. The predicted molar refractivity (Wildman–Crippen MR) is 78.5 cm³/mol. The molecule has 118 valence electrons. The van der Waals surface area contributed by atoms with Gasteiger partial charge in [0.05, 0.1) is 6.54 Å². The molecule has 0 spiro atoms. The molecule has 1 unspecified atom stereocenters. The van der Waals surface area contributed by atoms with Gasteiger partial charge in [-0.25, -0.2) is 4.68 Å². The Morgan fingerprint density at radius 2 is 2.33 bits per heavy atom. The Morgan fingerprint density at radius 3 is 3.10 bits per heavy atom. The van der Waals surface area contributed by atoms with E-state index >= 15 is 0 Å². The molecule has 1 aliphatic heterocycles. The molecule has 0 aliphatic carbocycles. The first-order valence-electron chi connectivity index (χ1n) is 7.73. The van der Waals surface area contributed by atoms with Crippen LogP contribution in [0.25, 0.3) is 0 Å². The third kappa shape index (κ3) is 4.21. The SMILES string of the molecule is CCCCn1nnnc1CN1CCNCC1C(=O)NCC. The zero-order valence-electron chi connectivity index (χ0n) is 12.9. The van der Waals surface area contributed by atoms with Crippen molar-refractivity contribution in [1.29, 1.82) is 0 Å². The van der Waals surface area contributed by atoms with Crippen LogP contribution in [0.2, 0.25) is 0 Å². The molecular weight excluding hydrogens is 270 g/mol. The molecule has 0 radical (unpaired) electrons. The highest BCUT2D eigenvalue weighted by molar-refractivity contribution is 5.82. The van der Waals surface area contributed by atoms with Crippen molar-refractivity contribution in [2.75, 3.05) is 26.2 Å². The standard InChI is InChI=1S/C13H25N7O/c1-3-5-7-20-12(16-17-18-20)10-19-8-6-14-9-11(19)13(21)15-4-2/h11,14H,3-10H2,1-2H3,(H,15,21). The Hall–Kier alpha value is -1.54. The number of nitrogens with zero attached hydrogens (tertiary/aromatic N) is 5. The number of aromatic nitrogens is 4. The number of likely N-dealkylation sites (N-methyl/N-ethyl adjacent to an activating group) is 1. The zero-order valence-corrected chi connectivity index (χ0v) is 12.9. The summed E-state index contributed by atoms with van der Waals surface area (Å²) in [4.78, 5) is 14.3. The number of hydrogen-bond donors (Lipinski definition) is 2. The fourth-order valence-electron chi connectivity index (χ4n) is 2.49. The average molecular weight is 295 g/mol. The number of carbonyl (C=O) groups is 1. The maximum Gasteiger partial charge on any atom is 0.238 e. The number of unbranched alkanes of at least 4 members (excludes halogenated alkanes) is 1. The lowest BCUT2D eigenvalue weighted by molar-refractivity contribution is -0.127. The average Bonchev–Trinajstić information content (AvgIpc) is 2.93. The van der Waals surface area contributed by atoms with Gasteiger partial charge in [0.15, 0.2) is 5.82 Å². The third-order valence-electron chi connectivity index (χ3n) is 3.68. The molecule has 1 amide bonds. The first-order valence-corrected chi connectivity index (χ1v) is 7.73. The number of rotatable bonds is 7. The molecule has 1 fully saturated rings. The van der Waals surface area contributed by atoms with Gasteiger partial charge in [0, 0.05) is 32.7 Å². The number of amides is 1. The van der Waals surface area contributed by atoms with Crippen LogP contribution in [0.15, 0.2) is 0 Å². The summed E-state index contributed by atoms with van der Waals surface area (Å²) in [6.45, 7) is 8.54. The van der Waals surface area contributed by atoms with Crippen LogP contribution in [-0.2, 0) is 17.9 Å². The Bertz CT molecular complexity index is 447. The fraction of sp³-hybridized carbons (Fsp3) is 0.846.